The summed E-state index contributed by atoms with van der Waals surface area (Å²) in [5.74, 6) is 2.76. The van der Waals surface area contributed by atoms with Gasteiger partial charge in [-0.15, -0.1) is 12.3 Å². The molecule has 0 spiro atoms. The van der Waals surface area contributed by atoms with Crippen LogP contribution >= 0.6 is 0 Å². The fraction of sp³-hybridized carbons (Fsp3) is 0.500. The molecule has 0 fully saturated rings. The first-order valence-corrected chi connectivity index (χ1v) is 4.09. The molecule has 64 valence electrons. The van der Waals surface area contributed by atoms with E-state index in [1.165, 1.54) is 0 Å². The zero-order valence-electron chi connectivity index (χ0n) is 7.62. The first-order chi connectivity index (χ1) is 5.64. The maximum Gasteiger partial charge on any atom is 0.0489 e. The molecule has 1 rings (SSSR count). The first-order valence-electron chi connectivity index (χ1n) is 4.09. The number of hydrogen-bond acceptors (Lipinski definition) is 1. The summed E-state index contributed by atoms with van der Waals surface area (Å²) in [5, 5.41) is 4.10. The molecule has 0 aromatic carbocycles. The summed E-state index contributed by atoms with van der Waals surface area (Å²) in [4.78, 5) is 0. The van der Waals surface area contributed by atoms with Crippen molar-refractivity contribution < 1.29 is 0 Å². The lowest BCUT2D eigenvalue weighted by atomic mass is 9.91. The third kappa shape index (κ3) is 2.43. The molecule has 0 saturated heterocycles. The number of aromatic nitrogens is 2. The van der Waals surface area contributed by atoms with Gasteiger partial charge in [0.1, 0.15) is 0 Å². The molecule has 0 unspecified atom stereocenters. The Hall–Kier alpha value is -1.23. The molecule has 2 heteroatoms. The minimum Gasteiger partial charge on any atom is -0.273 e. The molecule has 0 amide bonds. The Labute approximate surface area is 73.6 Å². The van der Waals surface area contributed by atoms with Gasteiger partial charge in [-0.3, -0.25) is 4.68 Å². The molecule has 12 heavy (non-hydrogen) atoms. The Kier molecular flexibility index (Phi) is 2.54. The number of hydrogen-bond donors (Lipinski definition) is 0. The molecular formula is C10H14N2. The Morgan fingerprint density at radius 2 is 2.33 bits per heavy atom. The van der Waals surface area contributed by atoms with Crippen molar-refractivity contribution in [3.8, 4) is 12.3 Å². The highest BCUT2D eigenvalue weighted by Crippen LogP contribution is 2.18. The van der Waals surface area contributed by atoms with Crippen LogP contribution in [0.4, 0.5) is 0 Å². The molecule has 0 aliphatic rings. The molecule has 1 aromatic heterocycles. The van der Waals surface area contributed by atoms with E-state index in [1.807, 2.05) is 16.9 Å². The summed E-state index contributed by atoms with van der Waals surface area (Å²) in [5.41, 5.74) is -0.0219. The van der Waals surface area contributed by atoms with E-state index in [0.29, 0.717) is 0 Å². The fourth-order valence-corrected chi connectivity index (χ4v) is 0.899. The van der Waals surface area contributed by atoms with Gasteiger partial charge in [0.05, 0.1) is 0 Å². The third-order valence-electron chi connectivity index (χ3n) is 1.92. The number of terminal acetylenes is 1. The largest absolute Gasteiger partial charge is 0.273 e. The van der Waals surface area contributed by atoms with Gasteiger partial charge in [-0.1, -0.05) is 0 Å². The van der Waals surface area contributed by atoms with Crippen molar-refractivity contribution >= 4 is 0 Å². The smallest absolute Gasteiger partial charge is 0.0489 e. The SMILES string of the molecule is C#CC(C)(C)CCn1cccn1. The van der Waals surface area contributed by atoms with Crippen LogP contribution in [0.25, 0.3) is 0 Å². The average molecular weight is 162 g/mol. The quantitative estimate of drug-likeness (QED) is 0.621. The van der Waals surface area contributed by atoms with Crippen LogP contribution in [0.2, 0.25) is 0 Å². The van der Waals surface area contributed by atoms with Crippen molar-refractivity contribution in [2.75, 3.05) is 0 Å². The van der Waals surface area contributed by atoms with Crippen molar-refractivity contribution in [1.29, 1.82) is 0 Å². The van der Waals surface area contributed by atoms with Crippen molar-refractivity contribution in [1.82, 2.24) is 9.78 Å². The van der Waals surface area contributed by atoms with E-state index < -0.39 is 0 Å². The second kappa shape index (κ2) is 3.44. The van der Waals surface area contributed by atoms with Crippen LogP contribution in [0.5, 0.6) is 0 Å². The first kappa shape index (κ1) is 8.86. The van der Waals surface area contributed by atoms with Gasteiger partial charge < -0.3 is 0 Å². The van der Waals surface area contributed by atoms with Crippen molar-refractivity contribution in [2.45, 2.75) is 26.8 Å². The summed E-state index contributed by atoms with van der Waals surface area (Å²) >= 11 is 0. The second-order valence-corrected chi connectivity index (χ2v) is 3.55. The highest BCUT2D eigenvalue weighted by Gasteiger charge is 2.13. The van der Waals surface area contributed by atoms with Gasteiger partial charge in [0.25, 0.3) is 0 Å². The van der Waals surface area contributed by atoms with Crippen LogP contribution in [-0.4, -0.2) is 9.78 Å². The van der Waals surface area contributed by atoms with Gasteiger partial charge in [-0.25, -0.2) is 0 Å². The molecular weight excluding hydrogens is 148 g/mol. The normalized spacial score (nSPS) is 11.1. The van der Waals surface area contributed by atoms with Crippen LogP contribution in [0.15, 0.2) is 18.5 Å². The lowest BCUT2D eigenvalue weighted by Crippen LogP contribution is -2.12. The van der Waals surface area contributed by atoms with Gasteiger partial charge in [-0.2, -0.15) is 5.10 Å². The van der Waals surface area contributed by atoms with Gasteiger partial charge in [0, 0.05) is 24.4 Å². The number of aryl methyl sites for hydroxylation is 1. The Balaban J connectivity index is 2.42. The van der Waals surface area contributed by atoms with E-state index in [-0.39, 0.29) is 5.41 Å². The van der Waals surface area contributed by atoms with Gasteiger partial charge >= 0.3 is 0 Å². The summed E-state index contributed by atoms with van der Waals surface area (Å²) < 4.78 is 1.90. The summed E-state index contributed by atoms with van der Waals surface area (Å²) in [6.07, 6.45) is 10.1. The lowest BCUT2D eigenvalue weighted by Gasteiger charge is -2.16. The Morgan fingerprint density at radius 1 is 1.58 bits per heavy atom. The molecule has 2 nitrogen and oxygen atoms in total. The van der Waals surface area contributed by atoms with Crippen LogP contribution in [-0.2, 0) is 6.54 Å². The van der Waals surface area contributed by atoms with Crippen LogP contribution in [0.3, 0.4) is 0 Å². The minimum atomic E-state index is -0.0219. The minimum absolute atomic E-state index is 0.0219. The molecule has 0 aliphatic carbocycles. The molecule has 0 radical (unpaired) electrons. The van der Waals surface area contributed by atoms with Crippen molar-refractivity contribution in [3.05, 3.63) is 18.5 Å². The van der Waals surface area contributed by atoms with Crippen molar-refractivity contribution in [2.24, 2.45) is 5.41 Å². The van der Waals surface area contributed by atoms with E-state index in [2.05, 4.69) is 24.9 Å². The van der Waals surface area contributed by atoms with E-state index in [4.69, 9.17) is 6.42 Å². The van der Waals surface area contributed by atoms with E-state index >= 15 is 0 Å². The summed E-state index contributed by atoms with van der Waals surface area (Å²) in [7, 11) is 0. The molecule has 1 aromatic rings. The Morgan fingerprint density at radius 3 is 2.83 bits per heavy atom. The predicted molar refractivity (Wildman–Crippen MR) is 49.5 cm³/mol. The standard InChI is InChI=1S/C10H14N2/c1-4-10(2,3)6-9-12-8-5-7-11-12/h1,5,7-8H,6,9H2,2-3H3. The van der Waals surface area contributed by atoms with Crippen LogP contribution in [0.1, 0.15) is 20.3 Å². The molecule has 0 atom stereocenters. The zero-order valence-corrected chi connectivity index (χ0v) is 7.62. The highest BCUT2D eigenvalue weighted by molar-refractivity contribution is 5.00. The van der Waals surface area contributed by atoms with Gasteiger partial charge in [0.15, 0.2) is 0 Å². The maximum absolute atomic E-state index is 5.37. The average Bonchev–Trinajstić information content (AvgIpc) is 2.53. The van der Waals surface area contributed by atoms with E-state index in [0.717, 1.165) is 13.0 Å². The monoisotopic (exact) mass is 162 g/mol. The summed E-state index contributed by atoms with van der Waals surface area (Å²) in [6.45, 7) is 5.03. The topological polar surface area (TPSA) is 17.8 Å². The van der Waals surface area contributed by atoms with E-state index in [9.17, 15) is 0 Å². The summed E-state index contributed by atoms with van der Waals surface area (Å²) in [6, 6.07) is 1.92. The Bertz CT molecular complexity index is 265. The molecule has 1 heterocycles. The highest BCUT2D eigenvalue weighted by atomic mass is 15.3. The second-order valence-electron chi connectivity index (χ2n) is 3.55. The number of rotatable bonds is 3. The van der Waals surface area contributed by atoms with E-state index in [1.54, 1.807) is 6.20 Å². The zero-order chi connectivity index (χ0) is 9.03. The lowest BCUT2D eigenvalue weighted by molar-refractivity contribution is 0.403. The predicted octanol–water partition coefficient (Wildman–Crippen LogP) is 1.93. The molecule has 0 aliphatic heterocycles. The number of nitrogens with zero attached hydrogens (tertiary/aromatic N) is 2. The van der Waals surface area contributed by atoms with Crippen molar-refractivity contribution in [3.63, 3.8) is 0 Å². The van der Waals surface area contributed by atoms with Crippen LogP contribution in [0, 0.1) is 17.8 Å². The fourth-order valence-electron chi connectivity index (χ4n) is 0.899. The molecule has 0 saturated carbocycles. The van der Waals surface area contributed by atoms with Gasteiger partial charge in [0.2, 0.25) is 0 Å². The molecule has 0 N–H and O–H groups in total. The van der Waals surface area contributed by atoms with Gasteiger partial charge in [-0.05, 0) is 26.3 Å². The molecule has 0 bridgehead atoms. The third-order valence-corrected chi connectivity index (χ3v) is 1.92. The maximum atomic E-state index is 5.37. The van der Waals surface area contributed by atoms with Crippen LogP contribution < -0.4 is 0 Å².